The fraction of sp³-hybridized carbons (Fsp3) is 0.300. The molecule has 0 spiro atoms. The lowest BCUT2D eigenvalue weighted by molar-refractivity contribution is -0.143. The van der Waals surface area contributed by atoms with E-state index in [0.29, 0.717) is 6.61 Å². The minimum Gasteiger partial charge on any atom is -0.460 e. The van der Waals surface area contributed by atoms with E-state index in [1.165, 1.54) is 0 Å². The van der Waals surface area contributed by atoms with Gasteiger partial charge in [0.05, 0.1) is 6.54 Å². The molecule has 1 N–H and O–H groups in total. The summed E-state index contributed by atoms with van der Waals surface area (Å²) in [5, 5.41) is 2.73. The Bertz CT molecular complexity index is 315. The van der Waals surface area contributed by atoms with Gasteiger partial charge in [0.1, 0.15) is 6.61 Å². The summed E-state index contributed by atoms with van der Waals surface area (Å²) in [5.41, 5.74) is 0.976. The van der Waals surface area contributed by atoms with Crippen molar-refractivity contribution in [2.75, 3.05) is 13.6 Å². The van der Waals surface area contributed by atoms with Crippen molar-refractivity contribution in [1.82, 2.24) is 5.32 Å². The molecule has 0 atom stereocenters. The van der Waals surface area contributed by atoms with Gasteiger partial charge in [0, 0.05) is 4.47 Å². The minimum atomic E-state index is -0.243. The zero-order chi connectivity index (χ0) is 10.4. The molecule has 0 amide bonds. The summed E-state index contributed by atoms with van der Waals surface area (Å²) in [4.78, 5) is 11.0. The highest BCUT2D eigenvalue weighted by molar-refractivity contribution is 9.10. The van der Waals surface area contributed by atoms with Gasteiger partial charge in [0.15, 0.2) is 0 Å². The van der Waals surface area contributed by atoms with Gasteiger partial charge in [-0.2, -0.15) is 0 Å². The zero-order valence-electron chi connectivity index (χ0n) is 7.92. The predicted molar refractivity (Wildman–Crippen MR) is 57.9 cm³/mol. The summed E-state index contributed by atoms with van der Waals surface area (Å²) in [5.74, 6) is -0.243. The standard InChI is InChI=1S/C10H12BrNO2/c1-12-6-10(13)14-7-8-3-2-4-9(11)5-8/h2-5,12H,6-7H2,1H3. The number of rotatable bonds is 4. The predicted octanol–water partition coefficient (Wildman–Crippen LogP) is 1.71. The average Bonchev–Trinajstić information content (AvgIpc) is 2.15. The summed E-state index contributed by atoms with van der Waals surface area (Å²) in [6.07, 6.45) is 0. The van der Waals surface area contributed by atoms with E-state index < -0.39 is 0 Å². The van der Waals surface area contributed by atoms with Gasteiger partial charge in [-0.05, 0) is 24.7 Å². The van der Waals surface area contributed by atoms with Crippen molar-refractivity contribution >= 4 is 21.9 Å². The van der Waals surface area contributed by atoms with E-state index >= 15 is 0 Å². The van der Waals surface area contributed by atoms with Crippen LogP contribution in [0, 0.1) is 0 Å². The van der Waals surface area contributed by atoms with E-state index in [9.17, 15) is 4.79 Å². The van der Waals surface area contributed by atoms with Gasteiger partial charge in [-0.3, -0.25) is 4.79 Å². The van der Waals surface area contributed by atoms with Crippen LogP contribution < -0.4 is 5.32 Å². The summed E-state index contributed by atoms with van der Waals surface area (Å²) in [7, 11) is 1.71. The van der Waals surface area contributed by atoms with E-state index in [2.05, 4.69) is 21.2 Å². The third-order valence-electron chi connectivity index (χ3n) is 1.61. The molecule has 3 nitrogen and oxygen atoms in total. The average molecular weight is 258 g/mol. The van der Waals surface area contributed by atoms with Crippen molar-refractivity contribution in [1.29, 1.82) is 0 Å². The molecule has 76 valence electrons. The number of likely N-dealkylation sites (N-methyl/N-ethyl adjacent to an activating group) is 1. The fourth-order valence-corrected chi connectivity index (χ4v) is 1.43. The SMILES string of the molecule is CNCC(=O)OCc1cccc(Br)c1. The Hall–Kier alpha value is -0.870. The molecule has 0 aliphatic rings. The van der Waals surface area contributed by atoms with Crippen LogP contribution in [0.25, 0.3) is 0 Å². The first-order valence-corrected chi connectivity index (χ1v) is 5.06. The number of nitrogens with one attached hydrogen (secondary N) is 1. The maximum Gasteiger partial charge on any atom is 0.320 e. The van der Waals surface area contributed by atoms with Gasteiger partial charge in [0.25, 0.3) is 0 Å². The van der Waals surface area contributed by atoms with Crippen LogP contribution in [0.5, 0.6) is 0 Å². The quantitative estimate of drug-likeness (QED) is 0.835. The molecule has 0 radical (unpaired) electrons. The number of esters is 1. The lowest BCUT2D eigenvalue weighted by Gasteiger charge is -2.04. The maximum absolute atomic E-state index is 11.0. The van der Waals surface area contributed by atoms with E-state index in [4.69, 9.17) is 4.74 Å². The van der Waals surface area contributed by atoms with Gasteiger partial charge in [0.2, 0.25) is 0 Å². The largest absolute Gasteiger partial charge is 0.460 e. The molecule has 0 saturated carbocycles. The second kappa shape index (κ2) is 5.78. The smallest absolute Gasteiger partial charge is 0.320 e. The topological polar surface area (TPSA) is 38.3 Å². The first-order chi connectivity index (χ1) is 6.72. The lowest BCUT2D eigenvalue weighted by atomic mass is 10.2. The summed E-state index contributed by atoms with van der Waals surface area (Å²) >= 11 is 3.35. The Labute approximate surface area is 91.6 Å². The number of hydrogen-bond donors (Lipinski definition) is 1. The van der Waals surface area contributed by atoms with Crippen molar-refractivity contribution in [3.63, 3.8) is 0 Å². The number of carbonyl (C=O) groups is 1. The van der Waals surface area contributed by atoms with E-state index in [0.717, 1.165) is 10.0 Å². The number of ether oxygens (including phenoxy) is 1. The molecule has 1 aromatic rings. The molecule has 0 aromatic heterocycles. The highest BCUT2D eigenvalue weighted by Crippen LogP contribution is 2.12. The van der Waals surface area contributed by atoms with Crippen LogP contribution in [-0.4, -0.2) is 19.6 Å². The molecule has 0 bridgehead atoms. The number of carbonyl (C=O) groups excluding carboxylic acids is 1. The van der Waals surface area contributed by atoms with Crippen LogP contribution in [0.15, 0.2) is 28.7 Å². The van der Waals surface area contributed by atoms with Gasteiger partial charge >= 0.3 is 5.97 Å². The second-order valence-electron chi connectivity index (χ2n) is 2.82. The Morgan fingerprint density at radius 3 is 3.00 bits per heavy atom. The molecule has 1 aromatic carbocycles. The van der Waals surface area contributed by atoms with Crippen molar-refractivity contribution in [3.05, 3.63) is 34.3 Å². The highest BCUT2D eigenvalue weighted by Gasteiger charge is 2.01. The van der Waals surface area contributed by atoms with Crippen LogP contribution in [0.2, 0.25) is 0 Å². The molecule has 0 aliphatic heterocycles. The van der Waals surface area contributed by atoms with Gasteiger partial charge < -0.3 is 10.1 Å². The maximum atomic E-state index is 11.0. The Morgan fingerprint density at radius 1 is 1.57 bits per heavy atom. The number of hydrogen-bond acceptors (Lipinski definition) is 3. The van der Waals surface area contributed by atoms with Crippen molar-refractivity contribution in [3.8, 4) is 0 Å². The summed E-state index contributed by atoms with van der Waals surface area (Å²) in [6, 6.07) is 7.67. The summed E-state index contributed by atoms with van der Waals surface area (Å²) in [6.45, 7) is 0.563. The van der Waals surface area contributed by atoms with E-state index in [1.807, 2.05) is 24.3 Å². The van der Waals surface area contributed by atoms with E-state index in [-0.39, 0.29) is 12.5 Å². The lowest BCUT2D eigenvalue weighted by Crippen LogP contribution is -2.20. The summed E-state index contributed by atoms with van der Waals surface area (Å²) < 4.78 is 5.99. The second-order valence-corrected chi connectivity index (χ2v) is 3.74. The molecule has 0 unspecified atom stereocenters. The number of halogens is 1. The molecule has 0 heterocycles. The van der Waals surface area contributed by atoms with Crippen molar-refractivity contribution in [2.45, 2.75) is 6.61 Å². The molecule has 0 saturated heterocycles. The van der Waals surface area contributed by atoms with Gasteiger partial charge in [-0.1, -0.05) is 28.1 Å². The molecular weight excluding hydrogens is 246 g/mol. The monoisotopic (exact) mass is 257 g/mol. The van der Waals surface area contributed by atoms with Gasteiger partial charge in [-0.15, -0.1) is 0 Å². The molecule has 14 heavy (non-hydrogen) atoms. The first kappa shape index (κ1) is 11.2. The Kier molecular flexibility index (Phi) is 4.62. The first-order valence-electron chi connectivity index (χ1n) is 4.27. The van der Waals surface area contributed by atoms with Gasteiger partial charge in [-0.25, -0.2) is 0 Å². The fourth-order valence-electron chi connectivity index (χ4n) is 0.986. The van der Waals surface area contributed by atoms with Crippen LogP contribution >= 0.6 is 15.9 Å². The van der Waals surface area contributed by atoms with Crippen LogP contribution in [-0.2, 0) is 16.1 Å². The molecule has 0 fully saturated rings. The Morgan fingerprint density at radius 2 is 2.36 bits per heavy atom. The van der Waals surface area contributed by atoms with Crippen molar-refractivity contribution < 1.29 is 9.53 Å². The minimum absolute atomic E-state index is 0.243. The third kappa shape index (κ3) is 3.89. The molecule has 0 aliphatic carbocycles. The Balaban J connectivity index is 2.41. The molecule has 1 rings (SSSR count). The van der Waals surface area contributed by atoms with Crippen molar-refractivity contribution in [2.24, 2.45) is 0 Å². The van der Waals surface area contributed by atoms with E-state index in [1.54, 1.807) is 7.05 Å². The van der Waals surface area contributed by atoms with Crippen LogP contribution in [0.1, 0.15) is 5.56 Å². The van der Waals surface area contributed by atoms with Crippen LogP contribution in [0.3, 0.4) is 0 Å². The number of benzene rings is 1. The molecular formula is C10H12BrNO2. The van der Waals surface area contributed by atoms with Crippen LogP contribution in [0.4, 0.5) is 0 Å². The zero-order valence-corrected chi connectivity index (χ0v) is 9.50. The normalized spacial score (nSPS) is 9.86. The third-order valence-corrected chi connectivity index (χ3v) is 2.10. The highest BCUT2D eigenvalue weighted by atomic mass is 79.9. The molecule has 4 heteroatoms.